The Balaban J connectivity index is 1.13. The van der Waals surface area contributed by atoms with Crippen molar-refractivity contribution in [3.05, 3.63) is 59.7 Å². The maximum Gasteiger partial charge on any atom is 0.341 e. The molecule has 2 aromatic carbocycles. The summed E-state index contributed by atoms with van der Waals surface area (Å²) in [5.74, 6) is 1.33. The summed E-state index contributed by atoms with van der Waals surface area (Å²) in [7, 11) is 0. The van der Waals surface area contributed by atoms with E-state index in [2.05, 4.69) is 0 Å². The molecule has 6 atom stereocenters. The Morgan fingerprint density at radius 2 is 1.18 bits per heavy atom. The van der Waals surface area contributed by atoms with Crippen LogP contribution < -0.4 is 9.47 Å². The summed E-state index contributed by atoms with van der Waals surface area (Å²) < 4.78 is 21.6. The van der Waals surface area contributed by atoms with Gasteiger partial charge >= 0.3 is 23.9 Å². The van der Waals surface area contributed by atoms with Crippen LogP contribution in [0.4, 0.5) is 0 Å². The average molecular weight is 521 g/mol. The topological polar surface area (TPSA) is 105 Å². The van der Waals surface area contributed by atoms with Gasteiger partial charge < -0.3 is 18.9 Å². The standard InChI is InChI=1S/C30H32O8/c1-17(31)37-27-9-5-3-7-22(27)29(33)35-15-19-11-24-20-13-21(25(14-20)26(24)12-19)16-36-30(34)23-8-4-6-10-28(23)38-18(2)32/h3-10,19-21,24-26H,11-16H2,1-2H3/t19?,20?,21?,24-,25?,26?/m1/s1. The fraction of sp³-hybridized carbons (Fsp3) is 0.467. The van der Waals surface area contributed by atoms with E-state index in [0.29, 0.717) is 42.8 Å². The summed E-state index contributed by atoms with van der Waals surface area (Å²) >= 11 is 0. The molecule has 8 heteroatoms. The normalized spacial score (nSPS) is 26.9. The molecule has 3 aliphatic carbocycles. The van der Waals surface area contributed by atoms with Crippen molar-refractivity contribution >= 4 is 23.9 Å². The van der Waals surface area contributed by atoms with Gasteiger partial charge in [-0.05, 0) is 85.5 Å². The summed E-state index contributed by atoms with van der Waals surface area (Å²) in [5, 5.41) is 0. The first-order valence-electron chi connectivity index (χ1n) is 13.2. The number of fused-ring (bicyclic) bond motifs is 5. The van der Waals surface area contributed by atoms with Crippen LogP contribution in [0.2, 0.25) is 0 Å². The van der Waals surface area contributed by atoms with Gasteiger partial charge in [0.05, 0.1) is 13.2 Å². The van der Waals surface area contributed by atoms with Crippen molar-refractivity contribution in [2.75, 3.05) is 13.2 Å². The van der Waals surface area contributed by atoms with E-state index >= 15 is 0 Å². The SMILES string of the molecule is CC(=O)Oc1ccccc1C(=O)OCC1CC2C3CC(CC3COC(=O)c3ccccc3OC(C)=O)[C@H]2C1. The van der Waals surface area contributed by atoms with Crippen LogP contribution in [0, 0.1) is 35.5 Å². The zero-order chi connectivity index (χ0) is 26.8. The predicted molar refractivity (Wildman–Crippen MR) is 135 cm³/mol. The van der Waals surface area contributed by atoms with Gasteiger partial charge in [0.1, 0.15) is 22.6 Å². The molecule has 0 aliphatic heterocycles. The van der Waals surface area contributed by atoms with Crippen molar-refractivity contribution in [3.8, 4) is 11.5 Å². The first kappa shape index (κ1) is 25.9. The molecule has 3 saturated carbocycles. The monoisotopic (exact) mass is 520 g/mol. The van der Waals surface area contributed by atoms with E-state index in [0.717, 1.165) is 25.7 Å². The molecule has 0 heterocycles. The first-order valence-corrected chi connectivity index (χ1v) is 13.2. The molecule has 38 heavy (non-hydrogen) atoms. The molecule has 3 fully saturated rings. The number of rotatable bonds is 8. The third kappa shape index (κ3) is 5.44. The summed E-state index contributed by atoms with van der Waals surface area (Å²) in [4.78, 5) is 48.2. The van der Waals surface area contributed by atoms with Crippen molar-refractivity contribution < 1.29 is 38.1 Å². The minimum atomic E-state index is -0.488. The third-order valence-electron chi connectivity index (χ3n) is 8.30. The van der Waals surface area contributed by atoms with Crippen molar-refractivity contribution in [1.82, 2.24) is 0 Å². The number of carbonyl (C=O) groups is 4. The third-order valence-corrected chi connectivity index (χ3v) is 8.30. The van der Waals surface area contributed by atoms with Crippen LogP contribution in [0.1, 0.15) is 60.2 Å². The van der Waals surface area contributed by atoms with E-state index in [4.69, 9.17) is 18.9 Å². The molecule has 0 radical (unpaired) electrons. The highest BCUT2D eigenvalue weighted by molar-refractivity contribution is 5.94. The second-order valence-corrected chi connectivity index (χ2v) is 10.7. The molecule has 200 valence electrons. The van der Waals surface area contributed by atoms with Crippen LogP contribution in [0.3, 0.4) is 0 Å². The quantitative estimate of drug-likeness (QED) is 0.359. The highest BCUT2D eigenvalue weighted by atomic mass is 16.6. The molecule has 2 bridgehead atoms. The van der Waals surface area contributed by atoms with Gasteiger partial charge in [-0.2, -0.15) is 0 Å². The van der Waals surface area contributed by atoms with Crippen molar-refractivity contribution in [2.24, 2.45) is 35.5 Å². The molecule has 5 unspecified atom stereocenters. The number of ether oxygens (including phenoxy) is 4. The first-order chi connectivity index (χ1) is 18.3. The smallest absolute Gasteiger partial charge is 0.341 e. The van der Waals surface area contributed by atoms with Gasteiger partial charge in [-0.3, -0.25) is 9.59 Å². The molecule has 0 saturated heterocycles. The fourth-order valence-electron chi connectivity index (χ4n) is 6.94. The molecule has 0 N–H and O–H groups in total. The molecule has 0 aromatic heterocycles. The van der Waals surface area contributed by atoms with Crippen molar-refractivity contribution in [2.45, 2.75) is 39.5 Å². The highest BCUT2D eigenvalue weighted by Gasteiger charge is 2.56. The van der Waals surface area contributed by atoms with Crippen LogP contribution in [0.15, 0.2) is 48.5 Å². The van der Waals surface area contributed by atoms with Gasteiger partial charge in [-0.15, -0.1) is 0 Å². The molecule has 0 amide bonds. The van der Waals surface area contributed by atoms with Crippen LogP contribution in [0.5, 0.6) is 11.5 Å². The lowest BCUT2D eigenvalue weighted by molar-refractivity contribution is -0.132. The number of benzene rings is 2. The summed E-state index contributed by atoms with van der Waals surface area (Å²) in [6, 6.07) is 13.2. The van der Waals surface area contributed by atoms with Gasteiger partial charge in [0.25, 0.3) is 0 Å². The Hall–Kier alpha value is -3.68. The second kappa shape index (κ2) is 11.0. The molecular weight excluding hydrogens is 488 g/mol. The van der Waals surface area contributed by atoms with Gasteiger partial charge in [0.15, 0.2) is 0 Å². The van der Waals surface area contributed by atoms with E-state index in [1.165, 1.54) is 13.8 Å². The Kier molecular flexibility index (Phi) is 7.49. The predicted octanol–water partition coefficient (Wildman–Crippen LogP) is 4.85. The maximum absolute atomic E-state index is 12.7. The van der Waals surface area contributed by atoms with Gasteiger partial charge in [-0.1, -0.05) is 24.3 Å². The largest absolute Gasteiger partial charge is 0.462 e. The Morgan fingerprint density at radius 3 is 1.76 bits per heavy atom. The number of hydrogen-bond acceptors (Lipinski definition) is 8. The zero-order valence-corrected chi connectivity index (χ0v) is 21.6. The Bertz CT molecular complexity index is 1240. The van der Waals surface area contributed by atoms with E-state index < -0.39 is 23.9 Å². The average Bonchev–Trinajstić information content (AvgIpc) is 3.58. The van der Waals surface area contributed by atoms with E-state index in [9.17, 15) is 19.2 Å². The van der Waals surface area contributed by atoms with E-state index in [-0.39, 0.29) is 28.5 Å². The van der Waals surface area contributed by atoms with Crippen LogP contribution in [-0.4, -0.2) is 37.1 Å². The number of esters is 4. The van der Waals surface area contributed by atoms with Crippen LogP contribution >= 0.6 is 0 Å². The highest BCUT2D eigenvalue weighted by Crippen LogP contribution is 2.62. The zero-order valence-electron chi connectivity index (χ0n) is 21.6. The summed E-state index contributed by atoms with van der Waals surface area (Å²) in [6.07, 6.45) is 4.22. The van der Waals surface area contributed by atoms with Crippen molar-refractivity contribution in [1.29, 1.82) is 0 Å². The lowest BCUT2D eigenvalue weighted by atomic mass is 9.76. The van der Waals surface area contributed by atoms with Crippen LogP contribution in [0.25, 0.3) is 0 Å². The molecular formula is C30H32O8. The van der Waals surface area contributed by atoms with Crippen LogP contribution in [-0.2, 0) is 19.1 Å². The summed E-state index contributed by atoms with van der Waals surface area (Å²) in [6.45, 7) is 3.28. The number of para-hydroxylation sites is 2. The van der Waals surface area contributed by atoms with Gasteiger partial charge in [0, 0.05) is 13.8 Å². The van der Waals surface area contributed by atoms with E-state index in [1.807, 2.05) is 0 Å². The fourth-order valence-corrected chi connectivity index (χ4v) is 6.94. The molecule has 0 spiro atoms. The minimum Gasteiger partial charge on any atom is -0.462 e. The molecule has 8 nitrogen and oxygen atoms in total. The Labute approximate surface area is 221 Å². The Morgan fingerprint density at radius 1 is 0.658 bits per heavy atom. The van der Waals surface area contributed by atoms with Gasteiger partial charge in [0.2, 0.25) is 0 Å². The lowest BCUT2D eigenvalue weighted by Gasteiger charge is -2.31. The molecule has 3 aliphatic rings. The minimum absolute atomic E-state index is 0.208. The lowest BCUT2D eigenvalue weighted by Crippen LogP contribution is -2.28. The van der Waals surface area contributed by atoms with Gasteiger partial charge in [-0.25, -0.2) is 9.59 Å². The number of hydrogen-bond donors (Lipinski definition) is 0. The molecule has 5 rings (SSSR count). The number of carbonyl (C=O) groups excluding carboxylic acids is 4. The van der Waals surface area contributed by atoms with E-state index in [1.54, 1.807) is 48.5 Å². The second-order valence-electron chi connectivity index (χ2n) is 10.7. The summed E-state index contributed by atoms with van der Waals surface area (Å²) in [5.41, 5.74) is 0.500. The van der Waals surface area contributed by atoms with Crippen molar-refractivity contribution in [3.63, 3.8) is 0 Å². The molecule has 2 aromatic rings. The maximum atomic E-state index is 12.7.